The molecule has 0 unspecified atom stereocenters. The summed E-state index contributed by atoms with van der Waals surface area (Å²) in [6, 6.07) is 7.47. The summed E-state index contributed by atoms with van der Waals surface area (Å²) in [5, 5.41) is 0. The van der Waals surface area contributed by atoms with E-state index in [1.54, 1.807) is 7.11 Å². The average Bonchev–Trinajstić information content (AvgIpc) is 2.30. The monoisotopic (exact) mass is 228 g/mol. The maximum absolute atomic E-state index is 5.45. The summed E-state index contributed by atoms with van der Waals surface area (Å²) in [5.41, 5.74) is 0. The Bertz CT molecular complexity index is 261. The van der Waals surface area contributed by atoms with E-state index in [4.69, 9.17) is 14.2 Å². The Morgan fingerprint density at radius 1 is 1.00 bits per heavy atom. The number of thiol groups is 1. The molecular weight excluding hydrogens is 212 g/mol. The molecule has 0 aliphatic rings. The van der Waals surface area contributed by atoms with E-state index in [0.29, 0.717) is 19.8 Å². The van der Waals surface area contributed by atoms with Crippen molar-refractivity contribution in [2.75, 3.05) is 32.7 Å². The van der Waals surface area contributed by atoms with Crippen molar-refractivity contribution < 1.29 is 14.2 Å². The number of rotatable bonds is 7. The quantitative estimate of drug-likeness (QED) is 0.571. The predicted octanol–water partition coefficient (Wildman–Crippen LogP) is 2.02. The molecule has 0 spiro atoms. The molecule has 15 heavy (non-hydrogen) atoms. The van der Waals surface area contributed by atoms with Crippen molar-refractivity contribution in [3.05, 3.63) is 24.3 Å². The SMILES string of the molecule is COc1ccc(OCCOCCS)cc1. The zero-order valence-electron chi connectivity index (χ0n) is 8.81. The van der Waals surface area contributed by atoms with Crippen molar-refractivity contribution in [3.8, 4) is 11.5 Å². The Balaban J connectivity index is 2.20. The largest absolute Gasteiger partial charge is 0.497 e. The summed E-state index contributed by atoms with van der Waals surface area (Å²) in [4.78, 5) is 0. The van der Waals surface area contributed by atoms with E-state index in [1.165, 1.54) is 0 Å². The number of methoxy groups -OCH3 is 1. The molecule has 0 saturated carbocycles. The molecule has 0 N–H and O–H groups in total. The third-order valence-electron chi connectivity index (χ3n) is 1.79. The summed E-state index contributed by atoms with van der Waals surface area (Å²) in [6.07, 6.45) is 0. The molecular formula is C11H16O3S. The highest BCUT2D eigenvalue weighted by Crippen LogP contribution is 2.16. The topological polar surface area (TPSA) is 27.7 Å². The van der Waals surface area contributed by atoms with E-state index < -0.39 is 0 Å². The molecule has 0 atom stereocenters. The Hall–Kier alpha value is -0.870. The molecule has 1 aromatic rings. The summed E-state index contributed by atoms with van der Waals surface area (Å²) < 4.78 is 15.7. The van der Waals surface area contributed by atoms with Crippen molar-refractivity contribution in [3.63, 3.8) is 0 Å². The van der Waals surface area contributed by atoms with Crippen LogP contribution < -0.4 is 9.47 Å². The highest BCUT2D eigenvalue weighted by molar-refractivity contribution is 7.80. The van der Waals surface area contributed by atoms with Crippen molar-refractivity contribution in [2.24, 2.45) is 0 Å². The molecule has 0 heterocycles. The third-order valence-corrected chi connectivity index (χ3v) is 1.97. The second kappa shape index (κ2) is 7.43. The van der Waals surface area contributed by atoms with Gasteiger partial charge in [-0.05, 0) is 24.3 Å². The van der Waals surface area contributed by atoms with Crippen LogP contribution in [-0.2, 0) is 4.74 Å². The number of benzene rings is 1. The van der Waals surface area contributed by atoms with Crippen LogP contribution in [0.3, 0.4) is 0 Å². The normalized spacial score (nSPS) is 10.0. The van der Waals surface area contributed by atoms with Crippen LogP contribution >= 0.6 is 12.6 Å². The maximum atomic E-state index is 5.45. The van der Waals surface area contributed by atoms with Crippen LogP contribution in [0.2, 0.25) is 0 Å². The average molecular weight is 228 g/mol. The Labute approximate surface area is 95.8 Å². The van der Waals surface area contributed by atoms with Crippen molar-refractivity contribution >= 4 is 12.6 Å². The Morgan fingerprint density at radius 3 is 2.27 bits per heavy atom. The fourth-order valence-corrected chi connectivity index (χ4v) is 1.19. The van der Waals surface area contributed by atoms with Gasteiger partial charge in [-0.25, -0.2) is 0 Å². The molecule has 0 fully saturated rings. The predicted molar refractivity (Wildman–Crippen MR) is 63.2 cm³/mol. The van der Waals surface area contributed by atoms with Gasteiger partial charge >= 0.3 is 0 Å². The van der Waals surface area contributed by atoms with Crippen molar-refractivity contribution in [1.29, 1.82) is 0 Å². The first-order valence-electron chi connectivity index (χ1n) is 4.82. The lowest BCUT2D eigenvalue weighted by Crippen LogP contribution is -2.07. The molecule has 0 aliphatic heterocycles. The zero-order chi connectivity index (χ0) is 10.9. The van der Waals surface area contributed by atoms with E-state index in [2.05, 4.69) is 12.6 Å². The van der Waals surface area contributed by atoms with Gasteiger partial charge in [0.15, 0.2) is 0 Å². The first kappa shape index (κ1) is 12.2. The van der Waals surface area contributed by atoms with Gasteiger partial charge in [0, 0.05) is 5.75 Å². The fourth-order valence-electron chi connectivity index (χ4n) is 1.06. The molecule has 1 aromatic carbocycles. The summed E-state index contributed by atoms with van der Waals surface area (Å²) in [7, 11) is 1.64. The third kappa shape index (κ3) is 4.95. The minimum Gasteiger partial charge on any atom is -0.497 e. The van der Waals surface area contributed by atoms with Gasteiger partial charge < -0.3 is 14.2 Å². The van der Waals surface area contributed by atoms with Crippen LogP contribution in [-0.4, -0.2) is 32.7 Å². The van der Waals surface area contributed by atoms with Crippen LogP contribution in [0.15, 0.2) is 24.3 Å². The molecule has 0 saturated heterocycles. The van der Waals surface area contributed by atoms with Gasteiger partial charge in [-0.15, -0.1) is 0 Å². The molecule has 0 aromatic heterocycles. The van der Waals surface area contributed by atoms with Crippen LogP contribution in [0.25, 0.3) is 0 Å². The summed E-state index contributed by atoms with van der Waals surface area (Å²) in [6.45, 7) is 1.81. The van der Waals surface area contributed by atoms with E-state index in [1.807, 2.05) is 24.3 Å². The van der Waals surface area contributed by atoms with Crippen LogP contribution in [0.1, 0.15) is 0 Å². The van der Waals surface area contributed by atoms with Crippen LogP contribution in [0.4, 0.5) is 0 Å². The van der Waals surface area contributed by atoms with Crippen molar-refractivity contribution in [1.82, 2.24) is 0 Å². The lowest BCUT2D eigenvalue weighted by molar-refractivity contribution is 0.112. The van der Waals surface area contributed by atoms with Crippen LogP contribution in [0.5, 0.6) is 11.5 Å². The van der Waals surface area contributed by atoms with Gasteiger partial charge in [-0.2, -0.15) is 12.6 Å². The molecule has 3 nitrogen and oxygen atoms in total. The molecule has 0 aliphatic carbocycles. The van der Waals surface area contributed by atoms with Gasteiger partial charge in [-0.1, -0.05) is 0 Å². The second-order valence-electron chi connectivity index (χ2n) is 2.86. The summed E-state index contributed by atoms with van der Waals surface area (Å²) >= 11 is 4.03. The van der Waals surface area contributed by atoms with Gasteiger partial charge in [0.05, 0.1) is 20.3 Å². The first-order chi connectivity index (χ1) is 7.36. The van der Waals surface area contributed by atoms with Gasteiger partial charge in [-0.3, -0.25) is 0 Å². The molecule has 0 radical (unpaired) electrons. The molecule has 84 valence electrons. The minimum atomic E-state index is 0.556. The highest BCUT2D eigenvalue weighted by Gasteiger charge is 1.94. The molecule has 1 rings (SSSR count). The van der Waals surface area contributed by atoms with E-state index in [9.17, 15) is 0 Å². The van der Waals surface area contributed by atoms with Crippen LogP contribution in [0, 0.1) is 0 Å². The number of hydrogen-bond acceptors (Lipinski definition) is 4. The van der Waals surface area contributed by atoms with E-state index in [-0.39, 0.29) is 0 Å². The van der Waals surface area contributed by atoms with Gasteiger partial charge in [0.1, 0.15) is 18.1 Å². The van der Waals surface area contributed by atoms with Gasteiger partial charge in [0.25, 0.3) is 0 Å². The standard InChI is InChI=1S/C11H16O3S/c1-12-10-2-4-11(5-3-10)14-7-6-13-8-9-15/h2-5,15H,6-9H2,1H3. The lowest BCUT2D eigenvalue weighted by Gasteiger charge is -2.07. The fraction of sp³-hybridized carbons (Fsp3) is 0.455. The number of hydrogen-bond donors (Lipinski definition) is 1. The van der Waals surface area contributed by atoms with Crippen molar-refractivity contribution in [2.45, 2.75) is 0 Å². The second-order valence-corrected chi connectivity index (χ2v) is 3.31. The van der Waals surface area contributed by atoms with E-state index >= 15 is 0 Å². The molecule has 0 amide bonds. The smallest absolute Gasteiger partial charge is 0.119 e. The highest BCUT2D eigenvalue weighted by atomic mass is 32.1. The lowest BCUT2D eigenvalue weighted by atomic mass is 10.3. The maximum Gasteiger partial charge on any atom is 0.119 e. The van der Waals surface area contributed by atoms with E-state index in [0.717, 1.165) is 17.3 Å². The Morgan fingerprint density at radius 2 is 1.67 bits per heavy atom. The first-order valence-corrected chi connectivity index (χ1v) is 5.45. The molecule has 4 heteroatoms. The Kier molecular flexibility index (Phi) is 6.04. The van der Waals surface area contributed by atoms with Gasteiger partial charge in [0.2, 0.25) is 0 Å². The molecule has 0 bridgehead atoms. The summed E-state index contributed by atoms with van der Waals surface area (Å²) in [5.74, 6) is 2.39. The number of ether oxygens (including phenoxy) is 3. The zero-order valence-corrected chi connectivity index (χ0v) is 9.70. The minimum absolute atomic E-state index is 0.556.